The molecule has 2 aromatic carbocycles. The largest absolute Gasteiger partial charge is 0.480 e. The molecule has 0 saturated heterocycles. The van der Waals surface area contributed by atoms with Crippen LogP contribution in [0.2, 0.25) is 5.02 Å². The second-order valence-corrected chi connectivity index (χ2v) is 5.62. The lowest BCUT2D eigenvalue weighted by Crippen LogP contribution is -2.26. The Hall–Kier alpha value is -2.37. The van der Waals surface area contributed by atoms with E-state index in [0.29, 0.717) is 22.8 Å². The summed E-state index contributed by atoms with van der Waals surface area (Å²) in [5.74, 6) is -1.15. The van der Waals surface area contributed by atoms with Gasteiger partial charge in [-0.1, -0.05) is 35.9 Å². The third kappa shape index (κ3) is 5.09. The summed E-state index contributed by atoms with van der Waals surface area (Å²) in [5.41, 5.74) is 1.91. The molecule has 0 aliphatic carbocycles. The van der Waals surface area contributed by atoms with Gasteiger partial charge >= 0.3 is 5.97 Å². The zero-order valence-electron chi connectivity index (χ0n) is 12.6. The Morgan fingerprint density at radius 3 is 2.52 bits per heavy atom. The fourth-order valence-electron chi connectivity index (χ4n) is 2.16. The minimum atomic E-state index is -0.906. The average molecular weight is 333 g/mol. The van der Waals surface area contributed by atoms with Crippen LogP contribution in [0.25, 0.3) is 0 Å². The van der Waals surface area contributed by atoms with Gasteiger partial charge in [-0.15, -0.1) is 0 Å². The van der Waals surface area contributed by atoms with Crippen LogP contribution in [0.5, 0.6) is 0 Å². The summed E-state index contributed by atoms with van der Waals surface area (Å²) in [6.07, 6.45) is 0. The minimum Gasteiger partial charge on any atom is -0.480 e. The molecular weight excluding hydrogens is 316 g/mol. The Labute approximate surface area is 139 Å². The molecule has 120 valence electrons. The number of anilines is 1. The fraction of sp³-hybridized carbons (Fsp3) is 0.176. The quantitative estimate of drug-likeness (QED) is 0.852. The molecule has 0 saturated carbocycles. The van der Waals surface area contributed by atoms with Crippen molar-refractivity contribution >= 4 is 29.2 Å². The van der Waals surface area contributed by atoms with Crippen LogP contribution in [0.15, 0.2) is 48.5 Å². The van der Waals surface area contributed by atoms with Crippen LogP contribution >= 0.6 is 11.6 Å². The minimum absolute atomic E-state index is 0.0886. The number of rotatable bonds is 6. The normalized spacial score (nSPS) is 10.6. The van der Waals surface area contributed by atoms with E-state index in [1.807, 2.05) is 6.07 Å². The summed E-state index contributed by atoms with van der Waals surface area (Å²) in [6.45, 7) is 0.294. The number of aliphatic carboxylic acids is 1. The van der Waals surface area contributed by atoms with Crippen LogP contribution in [-0.2, 0) is 11.3 Å². The summed E-state index contributed by atoms with van der Waals surface area (Å²) < 4.78 is 0. The van der Waals surface area contributed by atoms with Crippen molar-refractivity contribution in [1.29, 1.82) is 0 Å². The monoisotopic (exact) mass is 332 g/mol. The number of hydrogen-bond acceptors (Lipinski definition) is 3. The zero-order valence-corrected chi connectivity index (χ0v) is 13.4. The van der Waals surface area contributed by atoms with E-state index in [1.165, 1.54) is 0 Å². The van der Waals surface area contributed by atoms with Crippen LogP contribution in [0, 0.1) is 0 Å². The molecule has 0 radical (unpaired) electrons. The van der Waals surface area contributed by atoms with E-state index in [-0.39, 0.29) is 12.5 Å². The van der Waals surface area contributed by atoms with Crippen molar-refractivity contribution in [2.24, 2.45) is 0 Å². The van der Waals surface area contributed by atoms with Crippen molar-refractivity contribution in [1.82, 2.24) is 4.90 Å². The van der Waals surface area contributed by atoms with Gasteiger partial charge in [0.25, 0.3) is 5.91 Å². The van der Waals surface area contributed by atoms with Crippen LogP contribution in [0.1, 0.15) is 15.9 Å². The van der Waals surface area contributed by atoms with Gasteiger partial charge in [0.2, 0.25) is 0 Å². The molecule has 0 aliphatic rings. The first kappa shape index (κ1) is 17.0. The van der Waals surface area contributed by atoms with E-state index in [2.05, 4.69) is 5.32 Å². The lowest BCUT2D eigenvalue weighted by molar-refractivity contribution is -0.138. The Kier molecular flexibility index (Phi) is 5.73. The second-order valence-electron chi connectivity index (χ2n) is 5.19. The molecule has 0 aliphatic heterocycles. The molecule has 0 bridgehead atoms. The topological polar surface area (TPSA) is 69.6 Å². The van der Waals surface area contributed by atoms with Gasteiger partial charge < -0.3 is 10.4 Å². The number of carboxylic acid groups (broad SMARTS) is 1. The molecule has 2 aromatic rings. The highest BCUT2D eigenvalue weighted by Crippen LogP contribution is 2.23. The highest BCUT2D eigenvalue weighted by Gasteiger charge is 2.12. The van der Waals surface area contributed by atoms with Gasteiger partial charge in [0, 0.05) is 22.8 Å². The van der Waals surface area contributed by atoms with Crippen LogP contribution in [-0.4, -0.2) is 35.5 Å². The lowest BCUT2D eigenvalue weighted by Gasteiger charge is -2.17. The number of likely N-dealkylation sites (N-methyl/N-ethyl adjacent to an activating group) is 1. The molecule has 23 heavy (non-hydrogen) atoms. The third-order valence-corrected chi connectivity index (χ3v) is 3.44. The maximum absolute atomic E-state index is 12.3. The molecule has 2 N–H and O–H groups in total. The summed E-state index contributed by atoms with van der Waals surface area (Å²) >= 11 is 6.01. The Balaban J connectivity index is 2.18. The number of amides is 1. The highest BCUT2D eigenvalue weighted by molar-refractivity contribution is 6.31. The predicted molar refractivity (Wildman–Crippen MR) is 89.8 cm³/mol. The molecule has 0 unspecified atom stereocenters. The average Bonchev–Trinajstić information content (AvgIpc) is 2.50. The van der Waals surface area contributed by atoms with E-state index < -0.39 is 5.97 Å². The third-order valence-electron chi connectivity index (χ3n) is 3.20. The maximum Gasteiger partial charge on any atom is 0.317 e. The first-order chi connectivity index (χ1) is 11.0. The Bertz CT molecular complexity index is 704. The second kappa shape index (κ2) is 7.76. The van der Waals surface area contributed by atoms with Gasteiger partial charge in [-0.05, 0) is 36.9 Å². The van der Waals surface area contributed by atoms with Crippen molar-refractivity contribution in [3.05, 3.63) is 64.7 Å². The van der Waals surface area contributed by atoms with Gasteiger partial charge in [0.05, 0.1) is 6.54 Å². The number of halogens is 1. The standard InChI is InChI=1S/C17H17ClN2O3/c1-20(11-16(21)22)10-13-7-8-14(18)9-15(13)19-17(23)12-5-3-2-4-6-12/h2-9H,10-11H2,1H3,(H,19,23)(H,21,22). The van der Waals surface area contributed by atoms with E-state index in [0.717, 1.165) is 5.56 Å². The van der Waals surface area contributed by atoms with Crippen LogP contribution in [0.3, 0.4) is 0 Å². The van der Waals surface area contributed by atoms with Gasteiger partial charge in [0.15, 0.2) is 0 Å². The van der Waals surface area contributed by atoms with Gasteiger partial charge in [-0.2, -0.15) is 0 Å². The number of carboxylic acids is 1. The van der Waals surface area contributed by atoms with E-state index in [4.69, 9.17) is 16.7 Å². The molecule has 6 heteroatoms. The number of hydrogen-bond donors (Lipinski definition) is 2. The molecule has 5 nitrogen and oxygen atoms in total. The smallest absolute Gasteiger partial charge is 0.317 e. The number of carbonyl (C=O) groups excluding carboxylic acids is 1. The van der Waals surface area contributed by atoms with Crippen molar-refractivity contribution < 1.29 is 14.7 Å². The van der Waals surface area contributed by atoms with Crippen molar-refractivity contribution in [2.75, 3.05) is 18.9 Å². The molecule has 0 atom stereocenters. The number of nitrogens with zero attached hydrogens (tertiary/aromatic N) is 1. The molecule has 0 heterocycles. The van der Waals surface area contributed by atoms with Crippen LogP contribution in [0.4, 0.5) is 5.69 Å². The summed E-state index contributed by atoms with van der Waals surface area (Å²) in [5, 5.41) is 12.2. The van der Waals surface area contributed by atoms with Crippen molar-refractivity contribution in [3.8, 4) is 0 Å². The number of nitrogens with one attached hydrogen (secondary N) is 1. The predicted octanol–water partition coefficient (Wildman–Crippen LogP) is 3.11. The van der Waals surface area contributed by atoms with Crippen molar-refractivity contribution in [3.63, 3.8) is 0 Å². The first-order valence-corrected chi connectivity index (χ1v) is 7.38. The van der Waals surface area contributed by atoms with Crippen molar-refractivity contribution in [2.45, 2.75) is 6.54 Å². The van der Waals surface area contributed by atoms with E-state index in [1.54, 1.807) is 54.4 Å². The lowest BCUT2D eigenvalue weighted by atomic mass is 10.1. The Morgan fingerprint density at radius 2 is 1.87 bits per heavy atom. The SMILES string of the molecule is CN(CC(=O)O)Cc1ccc(Cl)cc1NC(=O)c1ccccc1. The summed E-state index contributed by atoms with van der Waals surface area (Å²) in [6, 6.07) is 14.0. The molecule has 2 rings (SSSR count). The zero-order chi connectivity index (χ0) is 16.8. The molecule has 0 spiro atoms. The molecule has 0 aromatic heterocycles. The van der Waals surface area contributed by atoms with E-state index >= 15 is 0 Å². The molecular formula is C17H17ClN2O3. The fourth-order valence-corrected chi connectivity index (χ4v) is 2.34. The number of benzene rings is 2. The Morgan fingerprint density at radius 1 is 1.17 bits per heavy atom. The highest BCUT2D eigenvalue weighted by atomic mass is 35.5. The van der Waals surface area contributed by atoms with Gasteiger partial charge in [-0.3, -0.25) is 14.5 Å². The maximum atomic E-state index is 12.3. The molecule has 1 amide bonds. The summed E-state index contributed by atoms with van der Waals surface area (Å²) in [4.78, 5) is 24.7. The van der Waals surface area contributed by atoms with Gasteiger partial charge in [0.1, 0.15) is 0 Å². The molecule has 0 fully saturated rings. The number of carbonyl (C=O) groups is 2. The van der Waals surface area contributed by atoms with Gasteiger partial charge in [-0.25, -0.2) is 0 Å². The van der Waals surface area contributed by atoms with E-state index in [9.17, 15) is 9.59 Å². The first-order valence-electron chi connectivity index (χ1n) is 7.01. The summed E-state index contributed by atoms with van der Waals surface area (Å²) in [7, 11) is 1.70. The van der Waals surface area contributed by atoms with Crippen LogP contribution < -0.4 is 5.32 Å².